The topological polar surface area (TPSA) is 63.1 Å². The molecule has 1 aliphatic heterocycles. The van der Waals surface area contributed by atoms with Crippen molar-refractivity contribution in [1.29, 1.82) is 0 Å². The summed E-state index contributed by atoms with van der Waals surface area (Å²) in [5.74, 6) is 0.0609. The molecule has 6 nitrogen and oxygen atoms in total. The number of ketones is 1. The quantitative estimate of drug-likeness (QED) is 0.840. The van der Waals surface area contributed by atoms with Crippen molar-refractivity contribution in [2.75, 3.05) is 32.7 Å². The lowest BCUT2D eigenvalue weighted by Crippen LogP contribution is -2.33. The molecule has 1 aromatic heterocycles. The Morgan fingerprint density at radius 2 is 2.05 bits per heavy atom. The molecule has 0 spiro atoms. The van der Waals surface area contributed by atoms with E-state index in [1.807, 2.05) is 30.3 Å². The summed E-state index contributed by atoms with van der Waals surface area (Å²) in [6.07, 6.45) is 2.62. The normalized spacial score (nSPS) is 16.6. The van der Waals surface area contributed by atoms with Crippen molar-refractivity contribution in [2.45, 2.75) is 6.42 Å². The van der Waals surface area contributed by atoms with E-state index < -0.39 is 0 Å². The molecule has 1 N–H and O–H groups in total. The number of nitrogens with one attached hydrogen (secondary N) is 1. The zero-order valence-corrected chi connectivity index (χ0v) is 11.9. The van der Waals surface area contributed by atoms with Crippen LogP contribution in [-0.4, -0.2) is 58.4 Å². The van der Waals surface area contributed by atoms with Gasteiger partial charge in [-0.05, 0) is 31.6 Å². The van der Waals surface area contributed by atoms with Gasteiger partial charge in [0.2, 0.25) is 0 Å². The van der Waals surface area contributed by atoms with E-state index in [0.29, 0.717) is 12.2 Å². The number of rotatable bonds is 4. The number of aromatic nitrogens is 3. The molecule has 1 aliphatic rings. The second-order valence-corrected chi connectivity index (χ2v) is 5.17. The molecule has 0 unspecified atom stereocenters. The first kappa shape index (κ1) is 13.9. The first-order valence-corrected chi connectivity index (χ1v) is 7.27. The maximum absolute atomic E-state index is 12.5. The summed E-state index contributed by atoms with van der Waals surface area (Å²) in [6, 6.07) is 9.62. The molecule has 2 aromatic rings. The first-order valence-electron chi connectivity index (χ1n) is 7.27. The number of carbonyl (C=O) groups is 1. The summed E-state index contributed by atoms with van der Waals surface area (Å²) in [4.78, 5) is 14.7. The lowest BCUT2D eigenvalue weighted by atomic mass is 10.2. The summed E-state index contributed by atoms with van der Waals surface area (Å²) in [5, 5.41) is 11.3. The van der Waals surface area contributed by atoms with Crippen LogP contribution in [0.25, 0.3) is 5.69 Å². The van der Waals surface area contributed by atoms with Crippen LogP contribution in [0.1, 0.15) is 16.9 Å². The van der Waals surface area contributed by atoms with Gasteiger partial charge in [-0.3, -0.25) is 9.69 Å². The molecule has 21 heavy (non-hydrogen) atoms. The molecule has 1 aromatic carbocycles. The number of Topliss-reactive ketones (excluding diaryl/α,β-unsaturated/α-hetero) is 1. The Bertz CT molecular complexity index is 587. The molecule has 0 amide bonds. The summed E-state index contributed by atoms with van der Waals surface area (Å²) in [6.45, 7) is 4.23. The van der Waals surface area contributed by atoms with Crippen LogP contribution in [0.2, 0.25) is 0 Å². The van der Waals surface area contributed by atoms with Gasteiger partial charge in [0.25, 0.3) is 0 Å². The molecule has 0 aliphatic carbocycles. The van der Waals surface area contributed by atoms with Crippen LogP contribution in [0.15, 0.2) is 36.5 Å². The third kappa shape index (κ3) is 3.34. The van der Waals surface area contributed by atoms with Crippen molar-refractivity contribution in [3.63, 3.8) is 0 Å². The summed E-state index contributed by atoms with van der Waals surface area (Å²) >= 11 is 0. The average Bonchev–Trinajstić information content (AvgIpc) is 2.87. The van der Waals surface area contributed by atoms with Gasteiger partial charge in [-0.1, -0.05) is 23.4 Å². The summed E-state index contributed by atoms with van der Waals surface area (Å²) in [5.41, 5.74) is 1.40. The van der Waals surface area contributed by atoms with Gasteiger partial charge in [0.15, 0.2) is 5.78 Å². The second-order valence-electron chi connectivity index (χ2n) is 5.17. The van der Waals surface area contributed by atoms with E-state index >= 15 is 0 Å². The van der Waals surface area contributed by atoms with Crippen LogP contribution in [0.4, 0.5) is 0 Å². The van der Waals surface area contributed by atoms with Crippen molar-refractivity contribution in [1.82, 2.24) is 25.2 Å². The molecule has 0 atom stereocenters. The van der Waals surface area contributed by atoms with Crippen LogP contribution in [0, 0.1) is 0 Å². The van der Waals surface area contributed by atoms with Crippen LogP contribution in [0.5, 0.6) is 0 Å². The fraction of sp³-hybridized carbons (Fsp3) is 0.400. The Morgan fingerprint density at radius 1 is 1.19 bits per heavy atom. The standard InChI is InChI=1S/C15H19N5O/c21-15(12-19-9-4-7-16-8-10-19)14-11-17-18-20(14)13-5-2-1-3-6-13/h1-3,5-6,11,16H,4,7-10,12H2. The highest BCUT2D eigenvalue weighted by atomic mass is 16.1. The van der Waals surface area contributed by atoms with E-state index in [-0.39, 0.29) is 5.78 Å². The van der Waals surface area contributed by atoms with E-state index in [1.165, 1.54) is 0 Å². The predicted octanol–water partition coefficient (Wildman–Crippen LogP) is 0.745. The van der Waals surface area contributed by atoms with Gasteiger partial charge in [-0.15, -0.1) is 5.10 Å². The van der Waals surface area contributed by atoms with Crippen molar-refractivity contribution >= 4 is 5.78 Å². The molecule has 1 fully saturated rings. The van der Waals surface area contributed by atoms with Crippen molar-refractivity contribution < 1.29 is 4.79 Å². The molecule has 6 heteroatoms. The van der Waals surface area contributed by atoms with Crippen LogP contribution in [0.3, 0.4) is 0 Å². The number of hydrogen-bond donors (Lipinski definition) is 1. The second kappa shape index (κ2) is 6.60. The minimum absolute atomic E-state index is 0.0609. The van der Waals surface area contributed by atoms with Crippen molar-refractivity contribution in [3.8, 4) is 5.69 Å². The number of benzene rings is 1. The van der Waals surface area contributed by atoms with Crippen molar-refractivity contribution in [2.24, 2.45) is 0 Å². The Hall–Kier alpha value is -2.05. The molecule has 1 saturated heterocycles. The zero-order chi connectivity index (χ0) is 14.5. The Morgan fingerprint density at radius 3 is 2.90 bits per heavy atom. The summed E-state index contributed by atoms with van der Waals surface area (Å²) in [7, 11) is 0. The number of para-hydroxylation sites is 1. The third-order valence-corrected chi connectivity index (χ3v) is 3.64. The Labute approximate surface area is 123 Å². The Kier molecular flexibility index (Phi) is 4.37. The van der Waals surface area contributed by atoms with Crippen LogP contribution < -0.4 is 5.32 Å². The molecule has 2 heterocycles. The SMILES string of the molecule is O=C(CN1CCCNCC1)c1cnnn1-c1ccccc1. The van der Waals surface area contributed by atoms with Gasteiger partial charge in [0.1, 0.15) is 5.69 Å². The van der Waals surface area contributed by atoms with Gasteiger partial charge in [0.05, 0.1) is 18.4 Å². The smallest absolute Gasteiger partial charge is 0.196 e. The zero-order valence-electron chi connectivity index (χ0n) is 11.9. The van der Waals surface area contributed by atoms with Gasteiger partial charge in [0, 0.05) is 13.1 Å². The molecular formula is C15H19N5O. The molecule has 3 rings (SSSR count). The average molecular weight is 285 g/mol. The highest BCUT2D eigenvalue weighted by molar-refractivity contribution is 5.96. The number of hydrogen-bond acceptors (Lipinski definition) is 5. The first-order chi connectivity index (χ1) is 10.3. The maximum atomic E-state index is 12.5. The number of carbonyl (C=O) groups excluding carboxylic acids is 1. The van der Waals surface area contributed by atoms with E-state index in [1.54, 1.807) is 10.9 Å². The van der Waals surface area contributed by atoms with Gasteiger partial charge in [-0.25, -0.2) is 4.68 Å². The van der Waals surface area contributed by atoms with Crippen molar-refractivity contribution in [3.05, 3.63) is 42.2 Å². The summed E-state index contributed by atoms with van der Waals surface area (Å²) < 4.78 is 1.61. The van der Waals surface area contributed by atoms with E-state index in [9.17, 15) is 4.79 Å². The fourth-order valence-corrected chi connectivity index (χ4v) is 2.53. The van der Waals surface area contributed by atoms with Gasteiger partial charge in [-0.2, -0.15) is 0 Å². The van der Waals surface area contributed by atoms with Gasteiger partial charge < -0.3 is 5.32 Å². The maximum Gasteiger partial charge on any atom is 0.196 e. The third-order valence-electron chi connectivity index (χ3n) is 3.64. The highest BCUT2D eigenvalue weighted by Crippen LogP contribution is 2.10. The molecule has 0 saturated carbocycles. The van der Waals surface area contributed by atoms with E-state index in [0.717, 1.165) is 38.3 Å². The largest absolute Gasteiger partial charge is 0.315 e. The van der Waals surface area contributed by atoms with E-state index in [4.69, 9.17) is 0 Å². The van der Waals surface area contributed by atoms with Crippen LogP contribution >= 0.6 is 0 Å². The fourth-order valence-electron chi connectivity index (χ4n) is 2.53. The number of nitrogens with zero attached hydrogens (tertiary/aromatic N) is 4. The lowest BCUT2D eigenvalue weighted by Gasteiger charge is -2.18. The lowest BCUT2D eigenvalue weighted by molar-refractivity contribution is 0.0927. The molecular weight excluding hydrogens is 266 g/mol. The molecule has 0 radical (unpaired) electrons. The molecule has 0 bridgehead atoms. The van der Waals surface area contributed by atoms with E-state index in [2.05, 4.69) is 20.5 Å². The Balaban J connectivity index is 1.75. The van der Waals surface area contributed by atoms with Crippen LogP contribution in [-0.2, 0) is 0 Å². The monoisotopic (exact) mass is 285 g/mol. The molecule has 110 valence electrons. The van der Waals surface area contributed by atoms with Gasteiger partial charge >= 0.3 is 0 Å². The predicted molar refractivity (Wildman–Crippen MR) is 79.6 cm³/mol. The highest BCUT2D eigenvalue weighted by Gasteiger charge is 2.18. The minimum atomic E-state index is 0.0609. The minimum Gasteiger partial charge on any atom is -0.315 e.